The molecule has 0 aromatic carbocycles. The van der Waals surface area contributed by atoms with Gasteiger partial charge >= 0.3 is 11.9 Å². The van der Waals surface area contributed by atoms with Crippen molar-refractivity contribution in [1.29, 1.82) is 0 Å². The zero-order valence-electron chi connectivity index (χ0n) is 13.5. The third-order valence-corrected chi connectivity index (χ3v) is 2.31. The number of nitrogens with two attached hydrogens (primary N) is 4. The minimum atomic E-state index is -0.955. The molecule has 2 atom stereocenters. The summed E-state index contributed by atoms with van der Waals surface area (Å²) in [4.78, 5) is 29.3. The second kappa shape index (κ2) is 20.2. The Balaban J connectivity index is -0.000000273. The number of carbonyl (C=O) groups excluding carboxylic acids is 1. The number of hydrogen-bond acceptors (Lipinski definition) is 8. The van der Waals surface area contributed by atoms with E-state index in [2.05, 4.69) is 4.74 Å². The van der Waals surface area contributed by atoms with E-state index in [1.807, 2.05) is 0 Å². The Bertz CT molecular complexity index is 280. The molecule has 0 heterocycles. The normalized spacial score (nSPS) is 11.7. The summed E-state index contributed by atoms with van der Waals surface area (Å²) >= 11 is 0. The number of rotatable bonds is 10. The number of carboxylic acid groups (broad SMARTS) is 2. The minimum Gasteiger partial charge on any atom is -0.480 e. The SMILES string of the molecule is CCOC=O.NCCCC(N)C(=O)O.NCCCC(N)C(=O)O. The van der Waals surface area contributed by atoms with Gasteiger partial charge in [0.1, 0.15) is 12.1 Å². The van der Waals surface area contributed by atoms with E-state index in [1.165, 1.54) is 0 Å². The molecular weight excluding hydrogens is 308 g/mol. The molecule has 0 aliphatic heterocycles. The Morgan fingerprint density at radius 1 is 1.00 bits per heavy atom. The van der Waals surface area contributed by atoms with Gasteiger partial charge in [-0.25, -0.2) is 0 Å². The molecule has 2 unspecified atom stereocenters. The van der Waals surface area contributed by atoms with Crippen LogP contribution < -0.4 is 22.9 Å². The summed E-state index contributed by atoms with van der Waals surface area (Å²) in [7, 11) is 0. The molecule has 10 heteroatoms. The topological polar surface area (TPSA) is 205 Å². The molecule has 0 fully saturated rings. The average molecular weight is 338 g/mol. The van der Waals surface area contributed by atoms with Crippen LogP contribution in [0.2, 0.25) is 0 Å². The third kappa shape index (κ3) is 25.5. The quantitative estimate of drug-likeness (QED) is 0.253. The first-order valence-electron chi connectivity index (χ1n) is 7.20. The molecule has 0 spiro atoms. The van der Waals surface area contributed by atoms with Gasteiger partial charge < -0.3 is 37.9 Å². The molecule has 0 rings (SSSR count). The predicted molar refractivity (Wildman–Crippen MR) is 85.5 cm³/mol. The van der Waals surface area contributed by atoms with Crippen LogP contribution in [0.25, 0.3) is 0 Å². The number of aliphatic carboxylic acids is 2. The molecule has 0 aromatic rings. The first kappa shape index (κ1) is 26.2. The van der Waals surface area contributed by atoms with Crippen molar-refractivity contribution in [3.8, 4) is 0 Å². The lowest BCUT2D eigenvalue weighted by Crippen LogP contribution is -2.30. The van der Waals surface area contributed by atoms with Crippen molar-refractivity contribution in [2.45, 2.75) is 44.7 Å². The van der Waals surface area contributed by atoms with E-state index in [0.717, 1.165) is 0 Å². The summed E-state index contributed by atoms with van der Waals surface area (Å²) in [5.74, 6) is -1.91. The fourth-order valence-electron chi connectivity index (χ4n) is 0.991. The van der Waals surface area contributed by atoms with Crippen molar-refractivity contribution in [1.82, 2.24) is 0 Å². The highest BCUT2D eigenvalue weighted by molar-refractivity contribution is 5.73. The Morgan fingerprint density at radius 2 is 1.35 bits per heavy atom. The van der Waals surface area contributed by atoms with E-state index in [9.17, 15) is 14.4 Å². The summed E-state index contributed by atoms with van der Waals surface area (Å²) in [6.07, 6.45) is 2.28. The van der Waals surface area contributed by atoms with Crippen LogP contribution in [0.3, 0.4) is 0 Å². The van der Waals surface area contributed by atoms with Gasteiger partial charge in [0.15, 0.2) is 0 Å². The zero-order chi connectivity index (χ0) is 18.7. The lowest BCUT2D eigenvalue weighted by Gasteiger charge is -2.02. The molecule has 0 aliphatic rings. The Hall–Kier alpha value is -1.75. The van der Waals surface area contributed by atoms with Gasteiger partial charge in [-0.05, 0) is 45.7 Å². The summed E-state index contributed by atoms with van der Waals surface area (Å²) in [5.41, 5.74) is 20.6. The van der Waals surface area contributed by atoms with Gasteiger partial charge in [0.2, 0.25) is 0 Å². The molecule has 0 aliphatic carbocycles. The van der Waals surface area contributed by atoms with Gasteiger partial charge in [0.25, 0.3) is 6.47 Å². The smallest absolute Gasteiger partial charge is 0.320 e. The maximum Gasteiger partial charge on any atom is 0.320 e. The van der Waals surface area contributed by atoms with Gasteiger partial charge in [-0.1, -0.05) is 0 Å². The van der Waals surface area contributed by atoms with Crippen LogP contribution in [0.5, 0.6) is 0 Å². The van der Waals surface area contributed by atoms with Crippen molar-refractivity contribution in [2.75, 3.05) is 19.7 Å². The molecule has 10 N–H and O–H groups in total. The van der Waals surface area contributed by atoms with Crippen LogP contribution in [0.4, 0.5) is 0 Å². The van der Waals surface area contributed by atoms with Crippen LogP contribution in [-0.2, 0) is 19.1 Å². The maximum absolute atomic E-state index is 10.0. The van der Waals surface area contributed by atoms with Gasteiger partial charge in [0, 0.05) is 0 Å². The standard InChI is InChI=1S/2C5H12N2O2.C3H6O2/c2*6-3-1-2-4(7)5(8)9;1-2-5-3-4/h2*4H,1-3,6-7H2,(H,8,9);3H,2H2,1H3. The highest BCUT2D eigenvalue weighted by atomic mass is 16.5. The highest BCUT2D eigenvalue weighted by Gasteiger charge is 2.09. The Morgan fingerprint density at radius 3 is 1.48 bits per heavy atom. The summed E-state index contributed by atoms with van der Waals surface area (Å²) in [6, 6.07) is -1.48. The summed E-state index contributed by atoms with van der Waals surface area (Å²) in [5, 5.41) is 16.5. The first-order chi connectivity index (χ1) is 10.8. The van der Waals surface area contributed by atoms with Crippen LogP contribution in [0, 0.1) is 0 Å². The number of carboxylic acids is 2. The van der Waals surface area contributed by atoms with E-state index in [0.29, 0.717) is 51.9 Å². The predicted octanol–water partition coefficient (Wildman–Crippen LogP) is -1.55. The van der Waals surface area contributed by atoms with Crippen molar-refractivity contribution in [2.24, 2.45) is 22.9 Å². The molecular formula is C13H30N4O6. The molecule has 0 saturated heterocycles. The zero-order valence-corrected chi connectivity index (χ0v) is 13.5. The molecule has 23 heavy (non-hydrogen) atoms. The largest absolute Gasteiger partial charge is 0.480 e. The first-order valence-corrected chi connectivity index (χ1v) is 7.20. The fraction of sp³-hybridized carbons (Fsp3) is 0.769. The fourth-order valence-corrected chi connectivity index (χ4v) is 0.991. The van der Waals surface area contributed by atoms with E-state index in [1.54, 1.807) is 6.92 Å². The average Bonchev–Trinajstić information content (AvgIpc) is 2.51. The van der Waals surface area contributed by atoms with E-state index >= 15 is 0 Å². The number of carbonyl (C=O) groups is 3. The Labute approximate surface area is 136 Å². The minimum absolute atomic E-state index is 0.431. The van der Waals surface area contributed by atoms with Crippen molar-refractivity contribution < 1.29 is 29.3 Å². The molecule has 0 saturated carbocycles. The maximum atomic E-state index is 10.0. The number of hydrogen-bond donors (Lipinski definition) is 6. The second-order valence-corrected chi connectivity index (χ2v) is 4.30. The van der Waals surface area contributed by atoms with E-state index in [4.69, 9.17) is 33.1 Å². The van der Waals surface area contributed by atoms with E-state index < -0.39 is 24.0 Å². The van der Waals surface area contributed by atoms with Crippen molar-refractivity contribution in [3.63, 3.8) is 0 Å². The Kier molecular flexibility index (Phi) is 23.0. The second-order valence-electron chi connectivity index (χ2n) is 4.30. The lowest BCUT2D eigenvalue weighted by molar-refractivity contribution is -0.139. The summed E-state index contributed by atoms with van der Waals surface area (Å²) < 4.78 is 4.15. The van der Waals surface area contributed by atoms with Gasteiger partial charge in [0.05, 0.1) is 6.61 Å². The monoisotopic (exact) mass is 338 g/mol. The molecule has 0 amide bonds. The molecule has 0 aromatic heterocycles. The molecule has 0 radical (unpaired) electrons. The molecule has 138 valence electrons. The van der Waals surface area contributed by atoms with Crippen LogP contribution in [0.15, 0.2) is 0 Å². The van der Waals surface area contributed by atoms with Crippen LogP contribution in [0.1, 0.15) is 32.6 Å². The molecule has 10 nitrogen and oxygen atoms in total. The lowest BCUT2D eigenvalue weighted by atomic mass is 10.2. The summed E-state index contributed by atoms with van der Waals surface area (Å²) in [6.45, 7) is 3.67. The van der Waals surface area contributed by atoms with Crippen LogP contribution >= 0.6 is 0 Å². The number of ether oxygens (including phenoxy) is 1. The van der Waals surface area contributed by atoms with Crippen LogP contribution in [-0.4, -0.2) is 60.4 Å². The van der Waals surface area contributed by atoms with E-state index in [-0.39, 0.29) is 0 Å². The third-order valence-electron chi connectivity index (χ3n) is 2.31. The van der Waals surface area contributed by atoms with Gasteiger partial charge in [-0.2, -0.15) is 0 Å². The van der Waals surface area contributed by atoms with Gasteiger partial charge in [-0.3, -0.25) is 14.4 Å². The van der Waals surface area contributed by atoms with Crippen molar-refractivity contribution >= 4 is 18.4 Å². The van der Waals surface area contributed by atoms with Gasteiger partial charge in [-0.15, -0.1) is 0 Å². The highest BCUT2D eigenvalue weighted by Crippen LogP contribution is 1.91. The van der Waals surface area contributed by atoms with Crippen molar-refractivity contribution in [3.05, 3.63) is 0 Å². The molecule has 0 bridgehead atoms.